The van der Waals surface area contributed by atoms with Crippen LogP contribution in [-0.4, -0.2) is 21.9 Å². The summed E-state index contributed by atoms with van der Waals surface area (Å²) in [5, 5.41) is 2.98. The fourth-order valence-corrected chi connectivity index (χ4v) is 2.70. The molecule has 3 aromatic rings. The Hall–Kier alpha value is -2.32. The van der Waals surface area contributed by atoms with Crippen molar-refractivity contribution in [3.8, 4) is 17.1 Å². The molecular weight excluding hydrogens is 397 g/mol. The monoisotopic (exact) mass is 407 g/mol. The highest BCUT2D eigenvalue weighted by molar-refractivity contribution is 9.10. The first kappa shape index (κ1) is 16.5. The van der Waals surface area contributed by atoms with Crippen molar-refractivity contribution in [3.63, 3.8) is 0 Å². The van der Waals surface area contributed by atoms with Crippen LogP contribution in [0.5, 0.6) is 5.75 Å². The zero-order valence-corrected chi connectivity index (χ0v) is 14.6. The van der Waals surface area contributed by atoms with Crippen molar-refractivity contribution < 1.29 is 13.9 Å². The van der Waals surface area contributed by atoms with Crippen molar-refractivity contribution in [2.45, 2.75) is 0 Å². The standard InChI is InChI=1S/C16H11BrFN3O2S/c17-11-3-7-13(8-4-11)23-9-14(22)19-16-20-15(21-24-16)10-1-5-12(18)6-2-10/h1-8H,9H2,(H,19,20,21,22). The molecule has 8 heteroatoms. The van der Waals surface area contributed by atoms with Crippen LogP contribution in [0, 0.1) is 5.82 Å². The molecule has 0 aliphatic heterocycles. The van der Waals surface area contributed by atoms with E-state index in [2.05, 4.69) is 30.6 Å². The van der Waals surface area contributed by atoms with E-state index in [0.29, 0.717) is 22.3 Å². The first-order valence-electron chi connectivity index (χ1n) is 6.88. The van der Waals surface area contributed by atoms with Crippen molar-refractivity contribution in [2.75, 3.05) is 11.9 Å². The van der Waals surface area contributed by atoms with Crippen molar-refractivity contribution in [1.82, 2.24) is 9.36 Å². The van der Waals surface area contributed by atoms with Gasteiger partial charge < -0.3 is 4.74 Å². The summed E-state index contributed by atoms with van der Waals surface area (Å²) in [4.78, 5) is 16.1. The third kappa shape index (κ3) is 4.36. The summed E-state index contributed by atoms with van der Waals surface area (Å²) in [6.45, 7) is -0.132. The Morgan fingerprint density at radius 1 is 1.17 bits per heavy atom. The number of anilines is 1. The molecule has 0 fully saturated rings. The van der Waals surface area contributed by atoms with Crippen molar-refractivity contribution in [1.29, 1.82) is 0 Å². The predicted octanol–water partition coefficient (Wildman–Crippen LogP) is 4.12. The fourth-order valence-electron chi connectivity index (χ4n) is 1.83. The number of amides is 1. The largest absolute Gasteiger partial charge is 0.484 e. The van der Waals surface area contributed by atoms with Gasteiger partial charge in [0, 0.05) is 21.6 Å². The maximum Gasteiger partial charge on any atom is 0.264 e. The molecule has 0 saturated heterocycles. The second-order valence-electron chi connectivity index (χ2n) is 4.72. The van der Waals surface area contributed by atoms with Gasteiger partial charge in [-0.05, 0) is 48.5 Å². The summed E-state index contributed by atoms with van der Waals surface area (Å²) < 4.78 is 23.4. The van der Waals surface area contributed by atoms with Gasteiger partial charge in [0.05, 0.1) is 0 Å². The van der Waals surface area contributed by atoms with E-state index in [0.717, 1.165) is 16.0 Å². The van der Waals surface area contributed by atoms with Gasteiger partial charge in [-0.25, -0.2) is 4.39 Å². The minimum absolute atomic E-state index is 0.132. The van der Waals surface area contributed by atoms with Gasteiger partial charge in [-0.2, -0.15) is 9.36 Å². The maximum atomic E-state index is 12.9. The van der Waals surface area contributed by atoms with Gasteiger partial charge in [-0.1, -0.05) is 15.9 Å². The van der Waals surface area contributed by atoms with E-state index >= 15 is 0 Å². The minimum Gasteiger partial charge on any atom is -0.484 e. The Labute approximate surface area is 149 Å². The first-order valence-corrected chi connectivity index (χ1v) is 8.45. The third-order valence-electron chi connectivity index (χ3n) is 2.96. The van der Waals surface area contributed by atoms with Crippen LogP contribution in [-0.2, 0) is 4.79 Å². The van der Waals surface area contributed by atoms with Crippen LogP contribution in [0.4, 0.5) is 9.52 Å². The number of aromatic nitrogens is 2. The van der Waals surface area contributed by atoms with Crippen LogP contribution in [0.3, 0.4) is 0 Å². The molecular formula is C16H11BrFN3O2S. The predicted molar refractivity (Wildman–Crippen MR) is 93.6 cm³/mol. The SMILES string of the molecule is O=C(COc1ccc(Br)cc1)Nc1nc(-c2ccc(F)cc2)ns1. The lowest BCUT2D eigenvalue weighted by molar-refractivity contribution is -0.118. The van der Waals surface area contributed by atoms with E-state index in [1.54, 1.807) is 24.3 Å². The van der Waals surface area contributed by atoms with Crippen LogP contribution in [0.25, 0.3) is 11.4 Å². The number of carbonyl (C=O) groups is 1. The second kappa shape index (κ2) is 7.50. The van der Waals surface area contributed by atoms with E-state index in [-0.39, 0.29) is 18.3 Å². The summed E-state index contributed by atoms with van der Waals surface area (Å²) >= 11 is 4.38. The minimum atomic E-state index is -0.334. The van der Waals surface area contributed by atoms with Gasteiger partial charge in [0.2, 0.25) is 5.13 Å². The Balaban J connectivity index is 1.57. The van der Waals surface area contributed by atoms with Crippen molar-refractivity contribution in [3.05, 3.63) is 58.8 Å². The molecule has 0 bridgehead atoms. The summed E-state index contributed by atoms with van der Waals surface area (Å²) in [5.74, 6) is 0.370. The van der Waals surface area contributed by atoms with Crippen LogP contribution in [0.15, 0.2) is 53.0 Å². The van der Waals surface area contributed by atoms with E-state index in [4.69, 9.17) is 4.74 Å². The summed E-state index contributed by atoms with van der Waals surface area (Å²) in [6.07, 6.45) is 0. The normalized spacial score (nSPS) is 10.4. The number of hydrogen-bond acceptors (Lipinski definition) is 5. The molecule has 24 heavy (non-hydrogen) atoms. The molecule has 0 atom stereocenters. The Bertz CT molecular complexity index is 837. The molecule has 1 N–H and O–H groups in total. The molecule has 0 aliphatic carbocycles. The Kier molecular flexibility index (Phi) is 5.17. The fraction of sp³-hybridized carbons (Fsp3) is 0.0625. The number of rotatable bonds is 5. The third-order valence-corrected chi connectivity index (χ3v) is 4.12. The van der Waals surface area contributed by atoms with Crippen LogP contribution in [0.2, 0.25) is 0 Å². The lowest BCUT2D eigenvalue weighted by Crippen LogP contribution is -2.20. The highest BCUT2D eigenvalue weighted by atomic mass is 79.9. The van der Waals surface area contributed by atoms with Gasteiger partial charge in [0.15, 0.2) is 12.4 Å². The lowest BCUT2D eigenvalue weighted by Gasteiger charge is -2.05. The van der Waals surface area contributed by atoms with E-state index < -0.39 is 0 Å². The van der Waals surface area contributed by atoms with Crippen LogP contribution in [0.1, 0.15) is 0 Å². The van der Waals surface area contributed by atoms with Crippen LogP contribution < -0.4 is 10.1 Å². The van der Waals surface area contributed by atoms with Crippen molar-refractivity contribution in [2.24, 2.45) is 0 Å². The number of halogens is 2. The van der Waals surface area contributed by atoms with Gasteiger partial charge in [-0.15, -0.1) is 0 Å². The van der Waals surface area contributed by atoms with Gasteiger partial charge in [0.1, 0.15) is 11.6 Å². The molecule has 0 aliphatic rings. The summed E-state index contributed by atoms with van der Waals surface area (Å²) in [6, 6.07) is 13.0. The topological polar surface area (TPSA) is 64.1 Å². The van der Waals surface area contributed by atoms with E-state index in [9.17, 15) is 9.18 Å². The summed E-state index contributed by atoms with van der Waals surface area (Å²) in [7, 11) is 0. The number of hydrogen-bond donors (Lipinski definition) is 1. The quantitative estimate of drug-likeness (QED) is 0.690. The highest BCUT2D eigenvalue weighted by Crippen LogP contribution is 2.21. The molecule has 5 nitrogen and oxygen atoms in total. The molecule has 0 unspecified atom stereocenters. The molecule has 1 heterocycles. The molecule has 3 rings (SSSR count). The smallest absolute Gasteiger partial charge is 0.264 e. The molecule has 122 valence electrons. The number of nitrogens with one attached hydrogen (secondary N) is 1. The second-order valence-corrected chi connectivity index (χ2v) is 6.39. The molecule has 1 aromatic heterocycles. The molecule has 0 saturated carbocycles. The zero-order chi connectivity index (χ0) is 16.9. The Morgan fingerprint density at radius 2 is 1.88 bits per heavy atom. The van der Waals surface area contributed by atoms with Crippen LogP contribution >= 0.6 is 27.5 Å². The summed E-state index contributed by atoms with van der Waals surface area (Å²) in [5.41, 5.74) is 0.680. The number of benzene rings is 2. The molecule has 1 amide bonds. The average Bonchev–Trinajstić information content (AvgIpc) is 3.03. The van der Waals surface area contributed by atoms with Gasteiger partial charge in [0.25, 0.3) is 5.91 Å². The molecule has 0 radical (unpaired) electrons. The Morgan fingerprint density at radius 3 is 2.58 bits per heavy atom. The number of ether oxygens (including phenoxy) is 1. The van der Waals surface area contributed by atoms with E-state index in [1.165, 1.54) is 12.1 Å². The maximum absolute atomic E-state index is 12.9. The zero-order valence-electron chi connectivity index (χ0n) is 12.2. The van der Waals surface area contributed by atoms with Crippen molar-refractivity contribution >= 4 is 38.5 Å². The van der Waals surface area contributed by atoms with E-state index in [1.807, 2.05) is 12.1 Å². The highest BCUT2D eigenvalue weighted by Gasteiger charge is 2.10. The lowest BCUT2D eigenvalue weighted by atomic mass is 10.2. The molecule has 2 aromatic carbocycles. The molecule has 0 spiro atoms. The average molecular weight is 408 g/mol. The number of carbonyl (C=O) groups excluding carboxylic acids is 1. The first-order chi connectivity index (χ1) is 11.6. The van der Waals surface area contributed by atoms with Gasteiger partial charge >= 0.3 is 0 Å². The number of nitrogens with zero attached hydrogens (tertiary/aromatic N) is 2. The van der Waals surface area contributed by atoms with Gasteiger partial charge in [-0.3, -0.25) is 10.1 Å².